The molecule has 0 spiro atoms. The molecule has 0 unspecified atom stereocenters. The van der Waals surface area contributed by atoms with Gasteiger partial charge >= 0.3 is 0 Å². The van der Waals surface area contributed by atoms with Crippen LogP contribution in [0.2, 0.25) is 10.3 Å². The average Bonchev–Trinajstić information content (AvgIpc) is 3.16. The van der Waals surface area contributed by atoms with Crippen LogP contribution < -0.4 is 4.72 Å². The van der Waals surface area contributed by atoms with E-state index in [2.05, 4.69) is 9.71 Å². The number of pyridine rings is 1. The van der Waals surface area contributed by atoms with Gasteiger partial charge in [0.1, 0.15) is 10.0 Å². The number of benzene rings is 1. The van der Waals surface area contributed by atoms with E-state index in [0.717, 1.165) is 6.42 Å². The van der Waals surface area contributed by atoms with Crippen LogP contribution in [0.5, 0.6) is 0 Å². The fourth-order valence-corrected chi connectivity index (χ4v) is 6.04. The van der Waals surface area contributed by atoms with E-state index in [-0.39, 0.29) is 21.1 Å². The summed E-state index contributed by atoms with van der Waals surface area (Å²) in [5, 5.41) is 1.91. The molecule has 0 atom stereocenters. The third kappa shape index (κ3) is 4.05. The van der Waals surface area contributed by atoms with Crippen LogP contribution in [0, 0.1) is 6.92 Å². The summed E-state index contributed by atoms with van der Waals surface area (Å²) >= 11 is 13.4. The summed E-state index contributed by atoms with van der Waals surface area (Å²) in [4.78, 5) is 19.8. The zero-order valence-corrected chi connectivity index (χ0v) is 19.0. The Labute approximate surface area is 188 Å². The van der Waals surface area contributed by atoms with Crippen molar-refractivity contribution >= 4 is 56.2 Å². The average molecular weight is 482 g/mol. The van der Waals surface area contributed by atoms with Gasteiger partial charge in [0, 0.05) is 23.5 Å². The van der Waals surface area contributed by atoms with Crippen LogP contribution in [0.25, 0.3) is 0 Å². The third-order valence-electron chi connectivity index (χ3n) is 4.97. The highest BCUT2D eigenvalue weighted by Crippen LogP contribution is 2.29. The molecule has 1 amide bonds. The van der Waals surface area contributed by atoms with Crippen LogP contribution in [0.15, 0.2) is 46.7 Å². The van der Waals surface area contributed by atoms with Crippen molar-refractivity contribution in [3.63, 3.8) is 0 Å². The third-order valence-corrected chi connectivity index (χ3v) is 8.00. The summed E-state index contributed by atoms with van der Waals surface area (Å²) < 4.78 is 28.1. The van der Waals surface area contributed by atoms with E-state index in [9.17, 15) is 13.2 Å². The lowest BCUT2D eigenvalue weighted by atomic mass is 10.0. The zero-order valence-electron chi connectivity index (χ0n) is 15.9. The molecule has 0 radical (unpaired) electrons. The van der Waals surface area contributed by atoms with Crippen molar-refractivity contribution in [3.8, 4) is 0 Å². The maximum atomic E-state index is 13.1. The van der Waals surface area contributed by atoms with Crippen molar-refractivity contribution in [1.29, 1.82) is 0 Å². The molecule has 10 heteroatoms. The van der Waals surface area contributed by atoms with E-state index in [1.54, 1.807) is 41.4 Å². The van der Waals surface area contributed by atoms with E-state index < -0.39 is 10.0 Å². The first-order valence-corrected chi connectivity index (χ1v) is 12.2. The second-order valence-electron chi connectivity index (χ2n) is 6.85. The number of halogens is 2. The summed E-state index contributed by atoms with van der Waals surface area (Å²) in [7, 11) is -4.01. The van der Waals surface area contributed by atoms with E-state index in [0.29, 0.717) is 29.9 Å². The Morgan fingerprint density at radius 2 is 2.00 bits per heavy atom. The number of nitrogens with one attached hydrogen (secondary N) is 1. The molecule has 1 aromatic carbocycles. The van der Waals surface area contributed by atoms with Crippen LogP contribution in [-0.4, -0.2) is 30.8 Å². The minimum absolute atomic E-state index is 0.0954. The van der Waals surface area contributed by atoms with Crippen molar-refractivity contribution in [2.45, 2.75) is 24.8 Å². The smallest absolute Gasteiger partial charge is 0.264 e. The lowest BCUT2D eigenvalue weighted by Gasteiger charge is -2.28. The van der Waals surface area contributed by atoms with E-state index in [1.807, 2.05) is 11.4 Å². The largest absolute Gasteiger partial charge is 0.334 e. The molecule has 3 heterocycles. The number of carbonyl (C=O) groups is 1. The fraction of sp³-hybridized carbons (Fsp3) is 0.200. The first-order valence-electron chi connectivity index (χ1n) is 9.05. The first-order chi connectivity index (χ1) is 14.3. The second-order valence-corrected chi connectivity index (χ2v) is 10.2. The van der Waals surface area contributed by atoms with Crippen molar-refractivity contribution in [2.75, 3.05) is 11.3 Å². The van der Waals surface area contributed by atoms with Crippen LogP contribution in [0.3, 0.4) is 0 Å². The normalized spacial score (nSPS) is 13.8. The maximum Gasteiger partial charge on any atom is 0.264 e. The molecule has 1 aliphatic heterocycles. The van der Waals surface area contributed by atoms with Crippen LogP contribution >= 0.6 is 34.5 Å². The van der Waals surface area contributed by atoms with E-state index >= 15 is 0 Å². The van der Waals surface area contributed by atoms with Crippen molar-refractivity contribution in [3.05, 3.63) is 73.7 Å². The van der Waals surface area contributed by atoms with Gasteiger partial charge in [0.15, 0.2) is 5.15 Å². The Morgan fingerprint density at radius 3 is 2.77 bits per heavy atom. The number of nitrogens with zero attached hydrogens (tertiary/aromatic N) is 2. The number of rotatable bonds is 4. The number of anilines is 1. The highest BCUT2D eigenvalue weighted by atomic mass is 35.5. The van der Waals surface area contributed by atoms with Gasteiger partial charge < -0.3 is 4.90 Å². The Hall–Kier alpha value is -2.13. The molecule has 1 aliphatic rings. The number of aromatic nitrogens is 1. The number of fused-ring (bicyclic) bond motifs is 1. The van der Waals surface area contributed by atoms with E-state index in [4.69, 9.17) is 23.2 Å². The molecular formula is C20H17Cl2N3O3S2. The summed E-state index contributed by atoms with van der Waals surface area (Å²) in [6.07, 6.45) is 0.826. The summed E-state index contributed by atoms with van der Waals surface area (Å²) in [6.45, 7) is 2.90. The van der Waals surface area contributed by atoms with Gasteiger partial charge in [-0.05, 0) is 60.2 Å². The minimum Gasteiger partial charge on any atom is -0.334 e. The molecular weight excluding hydrogens is 465 g/mol. The minimum atomic E-state index is -4.01. The SMILES string of the molecule is Cc1c(NS(=O)(=O)c2ccc(Cl)nc2Cl)cccc1C(=O)N1CCc2sccc2C1. The van der Waals surface area contributed by atoms with Gasteiger partial charge in [-0.2, -0.15) is 0 Å². The van der Waals surface area contributed by atoms with E-state index in [1.165, 1.54) is 22.6 Å². The molecule has 3 aromatic rings. The molecule has 156 valence electrons. The number of thiophene rings is 1. The van der Waals surface area contributed by atoms with Gasteiger partial charge in [0.25, 0.3) is 15.9 Å². The van der Waals surface area contributed by atoms with Crippen molar-refractivity contribution in [1.82, 2.24) is 9.88 Å². The molecule has 0 aliphatic carbocycles. The molecule has 4 rings (SSSR count). The van der Waals surface area contributed by atoms with Crippen LogP contribution in [0.1, 0.15) is 26.4 Å². The van der Waals surface area contributed by atoms with Gasteiger partial charge in [-0.1, -0.05) is 29.3 Å². The lowest BCUT2D eigenvalue weighted by Crippen LogP contribution is -2.35. The zero-order chi connectivity index (χ0) is 21.5. The lowest BCUT2D eigenvalue weighted by molar-refractivity contribution is 0.0735. The number of hydrogen-bond acceptors (Lipinski definition) is 5. The van der Waals surface area contributed by atoms with Crippen molar-refractivity contribution < 1.29 is 13.2 Å². The molecule has 6 nitrogen and oxygen atoms in total. The number of amides is 1. The Morgan fingerprint density at radius 1 is 1.20 bits per heavy atom. The standard InChI is InChI=1S/C20H17Cl2N3O3S2/c1-12-14(20(26)25-9-7-16-13(11-25)8-10-29-16)3-2-4-15(12)24-30(27,28)17-5-6-18(21)23-19(17)22/h2-6,8,10,24H,7,9,11H2,1H3. The number of hydrogen-bond donors (Lipinski definition) is 1. The van der Waals surface area contributed by atoms with Crippen LogP contribution in [0.4, 0.5) is 5.69 Å². The van der Waals surface area contributed by atoms with Gasteiger partial charge in [-0.25, -0.2) is 13.4 Å². The first kappa shape index (κ1) is 21.1. The Balaban J connectivity index is 1.61. The van der Waals surface area contributed by atoms with Crippen molar-refractivity contribution in [2.24, 2.45) is 0 Å². The number of carbonyl (C=O) groups excluding carboxylic acids is 1. The predicted octanol–water partition coefficient (Wildman–Crippen LogP) is 4.76. The Kier molecular flexibility index (Phi) is 5.76. The topological polar surface area (TPSA) is 79.4 Å². The molecule has 0 saturated heterocycles. The summed E-state index contributed by atoms with van der Waals surface area (Å²) in [6, 6.07) is 9.64. The van der Waals surface area contributed by atoms with Gasteiger partial charge in [0.05, 0.1) is 5.69 Å². The van der Waals surface area contributed by atoms with Crippen LogP contribution in [-0.2, 0) is 23.0 Å². The Bertz CT molecular complexity index is 1240. The summed E-state index contributed by atoms with van der Waals surface area (Å²) in [5.41, 5.74) is 2.47. The summed E-state index contributed by atoms with van der Waals surface area (Å²) in [5.74, 6) is -0.128. The van der Waals surface area contributed by atoms with Gasteiger partial charge in [-0.15, -0.1) is 11.3 Å². The molecule has 0 saturated carbocycles. The fourth-order valence-electron chi connectivity index (χ4n) is 3.37. The van der Waals surface area contributed by atoms with Gasteiger partial charge in [0.2, 0.25) is 0 Å². The monoisotopic (exact) mass is 481 g/mol. The maximum absolute atomic E-state index is 13.1. The van der Waals surface area contributed by atoms with Gasteiger partial charge in [-0.3, -0.25) is 9.52 Å². The highest BCUT2D eigenvalue weighted by molar-refractivity contribution is 7.92. The predicted molar refractivity (Wildman–Crippen MR) is 119 cm³/mol. The molecule has 1 N–H and O–H groups in total. The quantitative estimate of drug-likeness (QED) is 0.544. The molecule has 0 bridgehead atoms. The highest BCUT2D eigenvalue weighted by Gasteiger charge is 2.25. The second kappa shape index (κ2) is 8.19. The number of sulfonamides is 1. The molecule has 2 aromatic heterocycles. The molecule has 0 fully saturated rings. The molecule has 30 heavy (non-hydrogen) atoms.